The normalized spacial score (nSPS) is 13.5. The summed E-state index contributed by atoms with van der Waals surface area (Å²) < 4.78 is 14.4. The SMILES string of the molecule is CNCc1cc(F)cc(-c2cncc3[nH]c(-c4[nH]nc5ncc(-c6cncc(NC(=O)C7CCC7)c6)cc45)nc23)c1. The number of pyridine rings is 3. The molecule has 11 heteroatoms. The number of imidazole rings is 1. The van der Waals surface area contributed by atoms with Gasteiger partial charge in [-0.3, -0.25) is 19.9 Å². The first-order valence-electron chi connectivity index (χ1n) is 13.4. The van der Waals surface area contributed by atoms with Gasteiger partial charge >= 0.3 is 0 Å². The summed E-state index contributed by atoms with van der Waals surface area (Å²) in [7, 11) is 1.82. The van der Waals surface area contributed by atoms with Gasteiger partial charge in [0.1, 0.15) is 11.5 Å². The molecule has 5 heterocycles. The van der Waals surface area contributed by atoms with Crippen molar-refractivity contribution >= 4 is 33.7 Å². The summed E-state index contributed by atoms with van der Waals surface area (Å²) >= 11 is 0. The van der Waals surface area contributed by atoms with E-state index in [0.717, 1.165) is 46.9 Å². The molecule has 1 aliphatic rings. The molecule has 0 bridgehead atoms. The van der Waals surface area contributed by atoms with E-state index in [1.807, 2.05) is 25.2 Å². The first kappa shape index (κ1) is 25.0. The molecule has 0 aliphatic heterocycles. The highest BCUT2D eigenvalue weighted by Crippen LogP contribution is 2.33. The van der Waals surface area contributed by atoms with Crippen LogP contribution in [0.4, 0.5) is 10.1 Å². The van der Waals surface area contributed by atoms with Crippen molar-refractivity contribution in [1.82, 2.24) is 40.4 Å². The number of nitrogens with one attached hydrogen (secondary N) is 4. The zero-order chi connectivity index (χ0) is 27.9. The molecule has 5 aromatic heterocycles. The molecule has 0 unspecified atom stereocenters. The minimum atomic E-state index is -0.320. The maximum Gasteiger partial charge on any atom is 0.227 e. The number of carbonyl (C=O) groups is 1. The second kappa shape index (κ2) is 10.2. The molecule has 1 aliphatic carbocycles. The van der Waals surface area contributed by atoms with Gasteiger partial charge in [-0.25, -0.2) is 14.4 Å². The molecule has 6 aromatic rings. The summed E-state index contributed by atoms with van der Waals surface area (Å²) in [6.07, 6.45) is 11.5. The Labute approximate surface area is 233 Å². The maximum absolute atomic E-state index is 14.4. The number of rotatable bonds is 7. The fourth-order valence-corrected chi connectivity index (χ4v) is 5.19. The summed E-state index contributed by atoms with van der Waals surface area (Å²) in [5.41, 5.74) is 7.11. The number of nitrogens with zero attached hydrogens (tertiary/aromatic N) is 5. The van der Waals surface area contributed by atoms with Crippen molar-refractivity contribution in [2.24, 2.45) is 5.92 Å². The number of anilines is 1. The Balaban J connectivity index is 1.25. The molecule has 41 heavy (non-hydrogen) atoms. The van der Waals surface area contributed by atoms with Gasteiger partial charge in [0.2, 0.25) is 5.91 Å². The van der Waals surface area contributed by atoms with Crippen LogP contribution in [0.1, 0.15) is 24.8 Å². The second-order valence-electron chi connectivity index (χ2n) is 10.3. The van der Waals surface area contributed by atoms with E-state index in [2.05, 4.69) is 40.8 Å². The average Bonchev–Trinajstić information content (AvgIpc) is 3.55. The summed E-state index contributed by atoms with van der Waals surface area (Å²) in [5.74, 6) is 0.360. The lowest BCUT2D eigenvalue weighted by molar-refractivity contribution is -0.122. The number of aromatic nitrogens is 7. The molecule has 1 fully saturated rings. The lowest BCUT2D eigenvalue weighted by atomic mass is 9.85. The Morgan fingerprint density at radius 3 is 2.68 bits per heavy atom. The van der Waals surface area contributed by atoms with Gasteiger partial charge in [0, 0.05) is 47.7 Å². The average molecular weight is 548 g/mol. The standard InChI is InChI=1S/C30H26FN9O/c1-32-10-16-5-18(7-21(31)6-16)24-14-34-15-25-26(24)38-29(37-25)27-23-9-20(12-35-28(23)40-39-27)19-8-22(13-33-11-19)36-30(41)17-3-2-4-17/h5-9,11-15,17,32H,2-4,10H2,1H3,(H,36,41)(H,37,38)(H,35,39,40). The predicted octanol–water partition coefficient (Wildman–Crippen LogP) is 5.22. The monoisotopic (exact) mass is 547 g/mol. The van der Waals surface area contributed by atoms with E-state index < -0.39 is 0 Å². The molecule has 1 saturated carbocycles. The molecule has 0 saturated heterocycles. The van der Waals surface area contributed by atoms with Crippen LogP contribution in [0.3, 0.4) is 0 Å². The topological polar surface area (TPSA) is 137 Å². The van der Waals surface area contributed by atoms with Crippen LogP contribution in [0.2, 0.25) is 0 Å². The molecule has 0 spiro atoms. The molecule has 0 radical (unpaired) electrons. The molecule has 0 atom stereocenters. The minimum absolute atomic E-state index is 0.0381. The minimum Gasteiger partial charge on any atom is -0.335 e. The molecular formula is C30H26FN9O. The zero-order valence-corrected chi connectivity index (χ0v) is 22.2. The fourth-order valence-electron chi connectivity index (χ4n) is 5.19. The molecule has 204 valence electrons. The third-order valence-electron chi connectivity index (χ3n) is 7.51. The van der Waals surface area contributed by atoms with Crippen LogP contribution < -0.4 is 10.6 Å². The Morgan fingerprint density at radius 1 is 1.00 bits per heavy atom. The number of aromatic amines is 2. The van der Waals surface area contributed by atoms with Gasteiger partial charge < -0.3 is 15.6 Å². The van der Waals surface area contributed by atoms with Crippen LogP contribution in [0.5, 0.6) is 0 Å². The highest BCUT2D eigenvalue weighted by Gasteiger charge is 2.25. The van der Waals surface area contributed by atoms with E-state index in [4.69, 9.17) is 4.98 Å². The van der Waals surface area contributed by atoms with Crippen LogP contribution in [0.25, 0.3) is 55.8 Å². The van der Waals surface area contributed by atoms with E-state index in [1.54, 1.807) is 31.0 Å². The molecule has 7 rings (SSSR count). The Bertz CT molecular complexity index is 1920. The number of amides is 1. The smallest absolute Gasteiger partial charge is 0.227 e. The number of hydrogen-bond acceptors (Lipinski definition) is 7. The summed E-state index contributed by atoms with van der Waals surface area (Å²) in [4.78, 5) is 33.9. The quantitative estimate of drug-likeness (QED) is 0.215. The number of hydrogen-bond donors (Lipinski definition) is 4. The van der Waals surface area contributed by atoms with Gasteiger partial charge in [0.15, 0.2) is 11.5 Å². The fraction of sp³-hybridized carbons (Fsp3) is 0.200. The number of fused-ring (bicyclic) bond motifs is 2. The predicted molar refractivity (Wildman–Crippen MR) is 154 cm³/mol. The van der Waals surface area contributed by atoms with Crippen molar-refractivity contribution in [3.63, 3.8) is 0 Å². The molecular weight excluding hydrogens is 521 g/mol. The van der Waals surface area contributed by atoms with Crippen LogP contribution in [-0.2, 0) is 11.3 Å². The van der Waals surface area contributed by atoms with Crippen molar-refractivity contribution in [2.45, 2.75) is 25.8 Å². The van der Waals surface area contributed by atoms with Crippen molar-refractivity contribution in [2.75, 3.05) is 12.4 Å². The number of halogens is 1. The van der Waals surface area contributed by atoms with E-state index in [0.29, 0.717) is 46.0 Å². The van der Waals surface area contributed by atoms with Crippen molar-refractivity contribution < 1.29 is 9.18 Å². The van der Waals surface area contributed by atoms with Crippen LogP contribution in [-0.4, -0.2) is 48.1 Å². The molecule has 1 amide bonds. The van der Waals surface area contributed by atoms with Crippen molar-refractivity contribution in [1.29, 1.82) is 0 Å². The van der Waals surface area contributed by atoms with Gasteiger partial charge in [-0.1, -0.05) is 6.42 Å². The third-order valence-corrected chi connectivity index (χ3v) is 7.51. The Kier molecular flexibility index (Phi) is 6.20. The maximum atomic E-state index is 14.4. The first-order valence-corrected chi connectivity index (χ1v) is 13.4. The van der Waals surface area contributed by atoms with Crippen LogP contribution >= 0.6 is 0 Å². The van der Waals surface area contributed by atoms with E-state index in [9.17, 15) is 9.18 Å². The molecule has 4 N–H and O–H groups in total. The van der Waals surface area contributed by atoms with Crippen LogP contribution in [0.15, 0.2) is 61.3 Å². The zero-order valence-electron chi connectivity index (χ0n) is 22.2. The summed E-state index contributed by atoms with van der Waals surface area (Å²) in [6.45, 7) is 0.542. The first-order chi connectivity index (χ1) is 20.1. The molecule has 1 aromatic carbocycles. The lowest BCUT2D eigenvalue weighted by Crippen LogP contribution is -2.28. The highest BCUT2D eigenvalue weighted by molar-refractivity contribution is 5.97. The van der Waals surface area contributed by atoms with Gasteiger partial charge in [-0.15, -0.1) is 0 Å². The Morgan fingerprint density at radius 2 is 1.85 bits per heavy atom. The van der Waals surface area contributed by atoms with Crippen molar-refractivity contribution in [3.8, 4) is 33.8 Å². The van der Waals surface area contributed by atoms with E-state index in [-0.39, 0.29) is 17.6 Å². The van der Waals surface area contributed by atoms with Gasteiger partial charge in [-0.05, 0) is 61.3 Å². The summed E-state index contributed by atoms with van der Waals surface area (Å²) in [6, 6.07) is 8.80. The number of benzene rings is 1. The largest absolute Gasteiger partial charge is 0.335 e. The van der Waals surface area contributed by atoms with E-state index in [1.165, 1.54) is 12.1 Å². The third kappa shape index (κ3) is 4.70. The van der Waals surface area contributed by atoms with Crippen molar-refractivity contribution in [3.05, 3.63) is 72.7 Å². The van der Waals surface area contributed by atoms with Gasteiger partial charge in [0.25, 0.3) is 0 Å². The highest BCUT2D eigenvalue weighted by atomic mass is 19.1. The summed E-state index contributed by atoms with van der Waals surface area (Å²) in [5, 5.41) is 14.2. The number of carbonyl (C=O) groups excluding carboxylic acids is 1. The second-order valence-corrected chi connectivity index (χ2v) is 10.3. The van der Waals surface area contributed by atoms with E-state index >= 15 is 0 Å². The van der Waals surface area contributed by atoms with Gasteiger partial charge in [-0.2, -0.15) is 5.10 Å². The molecule has 10 nitrogen and oxygen atoms in total. The van der Waals surface area contributed by atoms with Gasteiger partial charge in [0.05, 0.1) is 34.5 Å². The Hall–Kier alpha value is -5.03. The van der Waals surface area contributed by atoms with Crippen LogP contribution in [0, 0.1) is 11.7 Å². The lowest BCUT2D eigenvalue weighted by Gasteiger charge is -2.24. The number of H-pyrrole nitrogens is 2.